The van der Waals surface area contributed by atoms with Crippen LogP contribution in [0, 0.1) is 10.1 Å². The van der Waals surface area contributed by atoms with Crippen LogP contribution in [0.15, 0.2) is 41.0 Å². The predicted octanol–water partition coefficient (Wildman–Crippen LogP) is 3.42. The zero-order chi connectivity index (χ0) is 17.0. The molecule has 0 N–H and O–H groups in total. The van der Waals surface area contributed by atoms with Crippen molar-refractivity contribution in [2.24, 2.45) is 0 Å². The minimum absolute atomic E-state index is 0.149. The van der Waals surface area contributed by atoms with E-state index in [9.17, 15) is 14.9 Å². The number of ether oxygens (including phenoxy) is 1. The van der Waals surface area contributed by atoms with Gasteiger partial charge in [0.25, 0.3) is 5.91 Å². The van der Waals surface area contributed by atoms with E-state index in [1.165, 1.54) is 29.4 Å². The Bertz CT molecular complexity index is 697. The number of nitro groups is 1. The normalized spacial score (nSPS) is 11.8. The zero-order valence-electron chi connectivity index (χ0n) is 13.2. The second kappa shape index (κ2) is 6.95. The second-order valence-electron chi connectivity index (χ2n) is 4.98. The number of nitrogens with zero attached hydrogens (tertiary/aromatic N) is 2. The van der Waals surface area contributed by atoms with Crippen molar-refractivity contribution in [2.45, 2.75) is 19.9 Å². The number of hydrogen-bond donors (Lipinski definition) is 0. The smallest absolute Gasteiger partial charge is 0.311 e. The highest BCUT2D eigenvalue weighted by Crippen LogP contribution is 2.29. The fraction of sp³-hybridized carbons (Fsp3) is 0.312. The van der Waals surface area contributed by atoms with E-state index in [0.29, 0.717) is 12.4 Å². The van der Waals surface area contributed by atoms with Crippen molar-refractivity contribution >= 4 is 11.6 Å². The largest absolute Gasteiger partial charge is 0.487 e. The predicted molar refractivity (Wildman–Crippen MR) is 83.5 cm³/mol. The van der Waals surface area contributed by atoms with Crippen LogP contribution in [0.25, 0.3) is 0 Å². The Morgan fingerprint density at radius 1 is 1.43 bits per heavy atom. The topological polar surface area (TPSA) is 85.8 Å². The lowest BCUT2D eigenvalue weighted by molar-refractivity contribution is -0.385. The van der Waals surface area contributed by atoms with Crippen molar-refractivity contribution in [3.05, 3.63) is 58.0 Å². The highest BCUT2D eigenvalue weighted by molar-refractivity contribution is 5.95. The summed E-state index contributed by atoms with van der Waals surface area (Å²) in [6.07, 6.45) is 1.53. The highest BCUT2D eigenvalue weighted by Gasteiger charge is 2.24. The summed E-state index contributed by atoms with van der Waals surface area (Å²) in [6, 6.07) is 7.43. The van der Waals surface area contributed by atoms with Gasteiger partial charge in [0.15, 0.2) is 5.75 Å². The van der Waals surface area contributed by atoms with E-state index < -0.39 is 4.92 Å². The van der Waals surface area contributed by atoms with Gasteiger partial charge in [-0.25, -0.2) is 0 Å². The summed E-state index contributed by atoms with van der Waals surface area (Å²) in [5.74, 6) is 0.456. The molecule has 1 aromatic carbocycles. The van der Waals surface area contributed by atoms with E-state index in [-0.39, 0.29) is 28.9 Å². The van der Waals surface area contributed by atoms with Crippen LogP contribution >= 0.6 is 0 Å². The van der Waals surface area contributed by atoms with Gasteiger partial charge in [0.05, 0.1) is 23.8 Å². The number of nitro benzene ring substituents is 1. The van der Waals surface area contributed by atoms with Crippen LogP contribution in [-0.2, 0) is 0 Å². The van der Waals surface area contributed by atoms with Crippen molar-refractivity contribution in [2.75, 3.05) is 13.7 Å². The van der Waals surface area contributed by atoms with E-state index in [4.69, 9.17) is 9.15 Å². The van der Waals surface area contributed by atoms with Crippen LogP contribution in [0.3, 0.4) is 0 Å². The summed E-state index contributed by atoms with van der Waals surface area (Å²) in [4.78, 5) is 24.6. The van der Waals surface area contributed by atoms with Crippen LogP contribution in [0.4, 0.5) is 5.69 Å². The molecular formula is C16H18N2O5. The molecule has 0 saturated heterocycles. The van der Waals surface area contributed by atoms with Crippen molar-refractivity contribution in [1.29, 1.82) is 0 Å². The first-order valence-corrected chi connectivity index (χ1v) is 7.17. The third-order valence-electron chi connectivity index (χ3n) is 3.56. The molecule has 1 atom stereocenters. The van der Waals surface area contributed by atoms with Crippen LogP contribution in [-0.4, -0.2) is 29.4 Å². The molecule has 1 aromatic heterocycles. The average Bonchev–Trinajstić information content (AvgIpc) is 3.07. The van der Waals surface area contributed by atoms with Gasteiger partial charge in [0.1, 0.15) is 5.76 Å². The van der Waals surface area contributed by atoms with Crippen LogP contribution < -0.4 is 4.74 Å². The first-order chi connectivity index (χ1) is 11.0. The van der Waals surface area contributed by atoms with Crippen LogP contribution in [0.2, 0.25) is 0 Å². The van der Waals surface area contributed by atoms with Gasteiger partial charge < -0.3 is 14.1 Å². The molecule has 0 fully saturated rings. The molecule has 0 spiro atoms. The molecule has 1 heterocycles. The SMILES string of the molecule is CCOc1ccc(C(=O)N(C)C(C)c2ccco2)cc1[N+](=O)[O-]. The summed E-state index contributed by atoms with van der Waals surface area (Å²) >= 11 is 0. The Morgan fingerprint density at radius 3 is 2.74 bits per heavy atom. The molecule has 0 radical (unpaired) electrons. The fourth-order valence-electron chi connectivity index (χ4n) is 2.17. The number of furan rings is 1. The van der Waals surface area contributed by atoms with E-state index in [1.807, 2.05) is 6.92 Å². The molecule has 122 valence electrons. The monoisotopic (exact) mass is 318 g/mol. The fourth-order valence-corrected chi connectivity index (χ4v) is 2.17. The second-order valence-corrected chi connectivity index (χ2v) is 4.98. The Labute approximate surface area is 133 Å². The number of carbonyl (C=O) groups is 1. The molecule has 0 aliphatic carbocycles. The third-order valence-corrected chi connectivity index (χ3v) is 3.56. The quantitative estimate of drug-likeness (QED) is 0.601. The molecule has 1 unspecified atom stereocenters. The standard InChI is InChI=1S/C16H18N2O5/c1-4-22-15-8-7-12(10-13(15)18(20)21)16(19)17(3)11(2)14-6-5-9-23-14/h5-11H,4H2,1-3H3. The Balaban J connectivity index is 2.28. The van der Waals surface area contributed by atoms with Gasteiger partial charge in [-0.2, -0.15) is 0 Å². The van der Waals surface area contributed by atoms with Crippen molar-refractivity contribution in [3.8, 4) is 5.75 Å². The summed E-state index contributed by atoms with van der Waals surface area (Å²) in [7, 11) is 1.62. The Kier molecular flexibility index (Phi) is 5.00. The molecule has 23 heavy (non-hydrogen) atoms. The van der Waals surface area contributed by atoms with Crippen molar-refractivity contribution in [3.63, 3.8) is 0 Å². The maximum atomic E-state index is 12.5. The Hall–Kier alpha value is -2.83. The first kappa shape index (κ1) is 16.5. The molecule has 2 aromatic rings. The third kappa shape index (κ3) is 3.50. The van der Waals surface area contributed by atoms with E-state index >= 15 is 0 Å². The lowest BCUT2D eigenvalue weighted by atomic mass is 10.1. The maximum Gasteiger partial charge on any atom is 0.311 e. The van der Waals surface area contributed by atoms with Crippen molar-refractivity contribution in [1.82, 2.24) is 4.90 Å². The van der Waals surface area contributed by atoms with E-state index in [1.54, 1.807) is 26.1 Å². The van der Waals surface area contributed by atoms with Gasteiger partial charge in [-0.05, 0) is 38.1 Å². The molecule has 7 nitrogen and oxygen atoms in total. The summed E-state index contributed by atoms with van der Waals surface area (Å²) < 4.78 is 10.5. The van der Waals surface area contributed by atoms with Crippen LogP contribution in [0.5, 0.6) is 5.75 Å². The van der Waals surface area contributed by atoms with Gasteiger partial charge in [-0.1, -0.05) is 0 Å². The number of rotatable bonds is 6. The summed E-state index contributed by atoms with van der Waals surface area (Å²) in [5.41, 5.74) is -0.00203. The maximum absolute atomic E-state index is 12.5. The first-order valence-electron chi connectivity index (χ1n) is 7.17. The van der Waals surface area contributed by atoms with Gasteiger partial charge in [0.2, 0.25) is 0 Å². The minimum atomic E-state index is -0.558. The molecular weight excluding hydrogens is 300 g/mol. The molecule has 0 bridgehead atoms. The molecule has 0 aliphatic heterocycles. The van der Waals surface area contributed by atoms with E-state index in [0.717, 1.165) is 0 Å². The summed E-state index contributed by atoms with van der Waals surface area (Å²) in [6.45, 7) is 3.87. The molecule has 7 heteroatoms. The van der Waals surface area contributed by atoms with Gasteiger partial charge in [-0.3, -0.25) is 14.9 Å². The van der Waals surface area contributed by atoms with Crippen LogP contribution in [0.1, 0.15) is 36.0 Å². The average molecular weight is 318 g/mol. The highest BCUT2D eigenvalue weighted by atomic mass is 16.6. The minimum Gasteiger partial charge on any atom is -0.487 e. The number of hydrogen-bond acceptors (Lipinski definition) is 5. The lowest BCUT2D eigenvalue weighted by Gasteiger charge is -2.23. The van der Waals surface area contributed by atoms with Gasteiger partial charge >= 0.3 is 5.69 Å². The zero-order valence-corrected chi connectivity index (χ0v) is 13.2. The number of benzene rings is 1. The molecule has 0 saturated carbocycles. The summed E-state index contributed by atoms with van der Waals surface area (Å²) in [5, 5.41) is 11.1. The van der Waals surface area contributed by atoms with Gasteiger partial charge in [0, 0.05) is 18.7 Å². The Morgan fingerprint density at radius 2 is 2.17 bits per heavy atom. The molecule has 0 aliphatic rings. The molecule has 1 amide bonds. The number of carbonyl (C=O) groups excluding carboxylic acids is 1. The molecule has 2 rings (SSSR count). The lowest BCUT2D eigenvalue weighted by Crippen LogP contribution is -2.29. The van der Waals surface area contributed by atoms with Crippen molar-refractivity contribution < 1.29 is 18.9 Å². The number of amides is 1. The van der Waals surface area contributed by atoms with E-state index in [2.05, 4.69) is 0 Å². The van der Waals surface area contributed by atoms with Gasteiger partial charge in [-0.15, -0.1) is 0 Å².